The molecule has 0 unspecified atom stereocenters. The van der Waals surface area contributed by atoms with Gasteiger partial charge in [-0.05, 0) is 48.9 Å². The highest BCUT2D eigenvalue weighted by Gasteiger charge is 2.03. The summed E-state index contributed by atoms with van der Waals surface area (Å²) in [7, 11) is 0. The van der Waals surface area contributed by atoms with Gasteiger partial charge in [0, 0.05) is 0 Å². The van der Waals surface area contributed by atoms with Crippen LogP contribution in [-0.2, 0) is 12.8 Å². The molecule has 1 aromatic carbocycles. The molecule has 0 aromatic heterocycles. The normalized spacial score (nSPS) is 10.8. The highest BCUT2D eigenvalue weighted by molar-refractivity contribution is 5.33. The summed E-state index contributed by atoms with van der Waals surface area (Å²) in [5.41, 5.74) is 4.43. The summed E-state index contributed by atoms with van der Waals surface area (Å²) in [5, 5.41) is 0. The lowest BCUT2D eigenvalue weighted by atomic mass is 9.95. The van der Waals surface area contributed by atoms with Crippen LogP contribution in [-0.4, -0.2) is 0 Å². The molecule has 0 heteroatoms. The maximum absolute atomic E-state index is 3.44. The molecule has 0 aliphatic heterocycles. The van der Waals surface area contributed by atoms with Crippen molar-refractivity contribution in [3.05, 3.63) is 34.9 Å². The molecule has 0 heterocycles. The second-order valence-corrected chi connectivity index (χ2v) is 5.34. The smallest absolute Gasteiger partial charge is 0.0146 e. The SMILES string of the molecule is CCCCCCCCCc1[c]ccc(C)c1CC. The highest BCUT2D eigenvalue weighted by Crippen LogP contribution is 2.17. The number of hydrogen-bond acceptors (Lipinski definition) is 0. The van der Waals surface area contributed by atoms with Crippen LogP contribution >= 0.6 is 0 Å². The van der Waals surface area contributed by atoms with Gasteiger partial charge in [0.25, 0.3) is 0 Å². The molecule has 0 aliphatic carbocycles. The maximum Gasteiger partial charge on any atom is -0.0146 e. The zero-order valence-corrected chi connectivity index (χ0v) is 12.5. The monoisotopic (exact) mass is 245 g/mol. The predicted molar refractivity (Wildman–Crippen MR) is 81.1 cm³/mol. The second kappa shape index (κ2) is 9.19. The Kier molecular flexibility index (Phi) is 7.80. The third kappa shape index (κ3) is 5.25. The van der Waals surface area contributed by atoms with Crippen molar-refractivity contribution < 1.29 is 0 Å². The lowest BCUT2D eigenvalue weighted by molar-refractivity contribution is 0.588. The van der Waals surface area contributed by atoms with E-state index in [4.69, 9.17) is 0 Å². The van der Waals surface area contributed by atoms with Crippen LogP contribution in [0.25, 0.3) is 0 Å². The molecule has 0 spiro atoms. The quantitative estimate of drug-likeness (QED) is 0.493. The average Bonchev–Trinajstić information content (AvgIpc) is 2.38. The molecule has 1 aromatic rings. The standard InChI is InChI=1S/C18H29/c1-4-6-7-8-9-10-11-14-17-15-12-13-16(3)18(17)5-2/h12-13H,4-11,14H2,1-3H3. The van der Waals surface area contributed by atoms with Crippen LogP contribution in [0.15, 0.2) is 12.1 Å². The third-order valence-electron chi connectivity index (χ3n) is 3.82. The van der Waals surface area contributed by atoms with Gasteiger partial charge in [-0.25, -0.2) is 0 Å². The van der Waals surface area contributed by atoms with Crippen LogP contribution in [0, 0.1) is 13.0 Å². The molecule has 0 saturated heterocycles. The van der Waals surface area contributed by atoms with E-state index >= 15 is 0 Å². The van der Waals surface area contributed by atoms with Crippen LogP contribution in [0.4, 0.5) is 0 Å². The molecule has 0 fully saturated rings. The third-order valence-corrected chi connectivity index (χ3v) is 3.82. The van der Waals surface area contributed by atoms with E-state index < -0.39 is 0 Å². The predicted octanol–water partition coefficient (Wildman–Crippen LogP) is 5.65. The molecule has 0 aliphatic rings. The first-order chi connectivity index (χ1) is 8.79. The Morgan fingerprint density at radius 2 is 1.61 bits per heavy atom. The zero-order chi connectivity index (χ0) is 13.2. The Morgan fingerprint density at radius 3 is 2.28 bits per heavy atom. The molecule has 0 atom stereocenters. The zero-order valence-electron chi connectivity index (χ0n) is 12.5. The summed E-state index contributed by atoms with van der Waals surface area (Å²) in [4.78, 5) is 0. The number of hydrogen-bond donors (Lipinski definition) is 0. The van der Waals surface area contributed by atoms with Gasteiger partial charge >= 0.3 is 0 Å². The Bertz CT molecular complexity index is 325. The van der Waals surface area contributed by atoms with Gasteiger partial charge in [0.2, 0.25) is 0 Å². The first-order valence-electron chi connectivity index (χ1n) is 7.78. The van der Waals surface area contributed by atoms with Gasteiger partial charge in [0.15, 0.2) is 0 Å². The van der Waals surface area contributed by atoms with Gasteiger partial charge in [-0.1, -0.05) is 64.5 Å². The fourth-order valence-corrected chi connectivity index (χ4v) is 2.67. The Hall–Kier alpha value is -0.780. The van der Waals surface area contributed by atoms with Crippen LogP contribution in [0.3, 0.4) is 0 Å². The Labute approximate surface area is 114 Å². The molecule has 18 heavy (non-hydrogen) atoms. The van der Waals surface area contributed by atoms with Gasteiger partial charge < -0.3 is 0 Å². The summed E-state index contributed by atoms with van der Waals surface area (Å²) in [6.45, 7) is 6.76. The molecule has 0 amide bonds. The summed E-state index contributed by atoms with van der Waals surface area (Å²) in [5.74, 6) is 0. The number of rotatable bonds is 9. The minimum atomic E-state index is 1.15. The molecule has 0 nitrogen and oxygen atoms in total. The first kappa shape index (κ1) is 15.3. The van der Waals surface area contributed by atoms with Crippen molar-refractivity contribution in [2.24, 2.45) is 0 Å². The van der Waals surface area contributed by atoms with E-state index in [0.29, 0.717) is 0 Å². The van der Waals surface area contributed by atoms with Crippen molar-refractivity contribution >= 4 is 0 Å². The lowest BCUT2D eigenvalue weighted by Crippen LogP contribution is -1.96. The van der Waals surface area contributed by atoms with Gasteiger partial charge in [0.05, 0.1) is 0 Å². The second-order valence-electron chi connectivity index (χ2n) is 5.34. The van der Waals surface area contributed by atoms with Crippen LogP contribution in [0.5, 0.6) is 0 Å². The topological polar surface area (TPSA) is 0 Å². The maximum atomic E-state index is 3.44. The van der Waals surface area contributed by atoms with Gasteiger partial charge in [-0.3, -0.25) is 0 Å². The van der Waals surface area contributed by atoms with Crippen molar-refractivity contribution in [2.75, 3.05) is 0 Å². The Morgan fingerprint density at radius 1 is 0.944 bits per heavy atom. The van der Waals surface area contributed by atoms with E-state index in [-0.39, 0.29) is 0 Å². The summed E-state index contributed by atoms with van der Waals surface area (Å²) in [6.07, 6.45) is 12.1. The molecule has 1 radical (unpaired) electrons. The summed E-state index contributed by atoms with van der Waals surface area (Å²) in [6, 6.07) is 7.72. The molecule has 0 bridgehead atoms. The highest BCUT2D eigenvalue weighted by atomic mass is 14.1. The van der Waals surface area contributed by atoms with Crippen molar-refractivity contribution in [3.8, 4) is 0 Å². The lowest BCUT2D eigenvalue weighted by Gasteiger charge is -2.10. The average molecular weight is 245 g/mol. The van der Waals surface area contributed by atoms with E-state index in [2.05, 4.69) is 39.0 Å². The van der Waals surface area contributed by atoms with Crippen molar-refractivity contribution in [2.45, 2.75) is 78.6 Å². The van der Waals surface area contributed by atoms with Crippen LogP contribution < -0.4 is 0 Å². The van der Waals surface area contributed by atoms with Gasteiger partial charge in [0.1, 0.15) is 0 Å². The number of aryl methyl sites for hydroxylation is 2. The minimum Gasteiger partial charge on any atom is -0.0654 e. The molecule has 0 N–H and O–H groups in total. The molecular weight excluding hydrogens is 216 g/mol. The summed E-state index contributed by atoms with van der Waals surface area (Å²) < 4.78 is 0. The first-order valence-corrected chi connectivity index (χ1v) is 7.78. The number of unbranched alkanes of at least 4 members (excludes halogenated alkanes) is 6. The van der Waals surface area contributed by atoms with Crippen LogP contribution in [0.1, 0.15) is 75.5 Å². The van der Waals surface area contributed by atoms with Gasteiger partial charge in [-0.15, -0.1) is 0 Å². The molecule has 101 valence electrons. The van der Waals surface area contributed by atoms with Gasteiger partial charge in [-0.2, -0.15) is 0 Å². The summed E-state index contributed by atoms with van der Waals surface area (Å²) >= 11 is 0. The van der Waals surface area contributed by atoms with E-state index in [1.165, 1.54) is 68.1 Å². The fraction of sp³-hybridized carbons (Fsp3) is 0.667. The van der Waals surface area contributed by atoms with E-state index in [0.717, 1.165) is 6.42 Å². The number of benzene rings is 1. The van der Waals surface area contributed by atoms with E-state index in [9.17, 15) is 0 Å². The van der Waals surface area contributed by atoms with Crippen molar-refractivity contribution in [1.82, 2.24) is 0 Å². The van der Waals surface area contributed by atoms with E-state index in [1.807, 2.05) is 0 Å². The van der Waals surface area contributed by atoms with E-state index in [1.54, 1.807) is 0 Å². The molecule has 1 rings (SSSR count). The van der Waals surface area contributed by atoms with Crippen LogP contribution in [0.2, 0.25) is 0 Å². The molecule has 0 saturated carbocycles. The van der Waals surface area contributed by atoms with Crippen molar-refractivity contribution in [3.63, 3.8) is 0 Å². The molecular formula is C18H29. The Balaban J connectivity index is 2.25. The largest absolute Gasteiger partial charge is 0.0654 e. The fourth-order valence-electron chi connectivity index (χ4n) is 2.67. The van der Waals surface area contributed by atoms with Crippen molar-refractivity contribution in [1.29, 1.82) is 0 Å². The minimum absolute atomic E-state index is 1.15.